The molecule has 2 aromatic rings. The summed E-state index contributed by atoms with van der Waals surface area (Å²) in [5.41, 5.74) is 1.49. The SMILES string of the molecule is CSc1ccccc1C(=O)OCC(=O)c1ccc(NC(=O)CC(C)C)cc1. The summed E-state index contributed by atoms with van der Waals surface area (Å²) in [7, 11) is 0. The number of amides is 1. The zero-order chi connectivity index (χ0) is 19.8. The first-order valence-electron chi connectivity index (χ1n) is 8.64. The van der Waals surface area contributed by atoms with Crippen molar-refractivity contribution in [2.75, 3.05) is 18.2 Å². The van der Waals surface area contributed by atoms with Crippen molar-refractivity contribution in [3.8, 4) is 0 Å². The van der Waals surface area contributed by atoms with Gasteiger partial charge in [-0.05, 0) is 48.6 Å². The largest absolute Gasteiger partial charge is 0.454 e. The highest BCUT2D eigenvalue weighted by Crippen LogP contribution is 2.20. The summed E-state index contributed by atoms with van der Waals surface area (Å²) in [6.07, 6.45) is 2.31. The monoisotopic (exact) mass is 385 g/mol. The van der Waals surface area contributed by atoms with Crippen LogP contribution in [0.3, 0.4) is 0 Å². The predicted molar refractivity (Wildman–Crippen MR) is 107 cm³/mol. The molecule has 2 rings (SSSR count). The standard InChI is InChI=1S/C21H23NO4S/c1-14(2)12-20(24)22-16-10-8-15(9-11-16)18(23)13-26-21(25)17-6-4-5-7-19(17)27-3/h4-11,14H,12-13H2,1-3H3,(H,22,24). The fourth-order valence-electron chi connectivity index (χ4n) is 2.43. The second kappa shape index (κ2) is 9.92. The van der Waals surface area contributed by atoms with E-state index in [4.69, 9.17) is 4.74 Å². The van der Waals surface area contributed by atoms with Gasteiger partial charge in [0.15, 0.2) is 12.4 Å². The van der Waals surface area contributed by atoms with Crippen molar-refractivity contribution in [3.63, 3.8) is 0 Å². The van der Waals surface area contributed by atoms with Gasteiger partial charge in [-0.1, -0.05) is 26.0 Å². The van der Waals surface area contributed by atoms with Gasteiger partial charge < -0.3 is 10.1 Å². The molecule has 0 aliphatic rings. The van der Waals surface area contributed by atoms with Gasteiger partial charge in [-0.15, -0.1) is 11.8 Å². The highest BCUT2D eigenvalue weighted by Gasteiger charge is 2.15. The fourth-order valence-corrected chi connectivity index (χ4v) is 3.01. The lowest BCUT2D eigenvalue weighted by molar-refractivity contribution is -0.116. The number of carbonyl (C=O) groups excluding carboxylic acids is 3. The van der Waals surface area contributed by atoms with Gasteiger partial charge in [0, 0.05) is 22.6 Å². The molecule has 0 spiro atoms. The molecule has 1 amide bonds. The Bertz CT molecular complexity index is 815. The molecule has 2 aromatic carbocycles. The van der Waals surface area contributed by atoms with Gasteiger partial charge in [0.1, 0.15) is 0 Å². The van der Waals surface area contributed by atoms with Crippen molar-refractivity contribution in [1.29, 1.82) is 0 Å². The molecule has 6 heteroatoms. The Hall–Kier alpha value is -2.60. The van der Waals surface area contributed by atoms with Crippen LogP contribution in [0.4, 0.5) is 5.69 Å². The van der Waals surface area contributed by atoms with Gasteiger partial charge in [0.05, 0.1) is 5.56 Å². The molecule has 0 unspecified atom stereocenters. The van der Waals surface area contributed by atoms with E-state index in [1.54, 1.807) is 36.4 Å². The van der Waals surface area contributed by atoms with E-state index in [1.807, 2.05) is 32.2 Å². The van der Waals surface area contributed by atoms with Crippen LogP contribution in [0, 0.1) is 5.92 Å². The van der Waals surface area contributed by atoms with Crippen molar-refractivity contribution in [1.82, 2.24) is 0 Å². The number of ether oxygens (including phenoxy) is 1. The second-order valence-corrected chi connectivity index (χ2v) is 7.27. The average molecular weight is 385 g/mol. The number of nitrogens with one attached hydrogen (secondary N) is 1. The van der Waals surface area contributed by atoms with E-state index in [2.05, 4.69) is 5.32 Å². The number of ketones is 1. The Balaban J connectivity index is 1.92. The molecule has 0 saturated heterocycles. The number of rotatable bonds is 8. The van der Waals surface area contributed by atoms with Crippen molar-refractivity contribution >= 4 is 35.1 Å². The number of Topliss-reactive ketones (excluding diaryl/α,β-unsaturated/α-hetero) is 1. The van der Waals surface area contributed by atoms with Crippen molar-refractivity contribution in [2.45, 2.75) is 25.2 Å². The van der Waals surface area contributed by atoms with Gasteiger partial charge >= 0.3 is 5.97 Å². The van der Waals surface area contributed by atoms with Gasteiger partial charge in [-0.25, -0.2) is 4.79 Å². The quantitative estimate of drug-likeness (QED) is 0.413. The van der Waals surface area contributed by atoms with Gasteiger partial charge in [0.2, 0.25) is 5.91 Å². The zero-order valence-electron chi connectivity index (χ0n) is 15.7. The lowest BCUT2D eigenvalue weighted by atomic mass is 10.1. The first-order valence-corrected chi connectivity index (χ1v) is 9.86. The number of carbonyl (C=O) groups is 3. The molecule has 1 N–H and O–H groups in total. The molecule has 0 radical (unpaired) electrons. The predicted octanol–water partition coefficient (Wildman–Crippen LogP) is 4.43. The highest BCUT2D eigenvalue weighted by atomic mass is 32.2. The first kappa shape index (κ1) is 20.7. The Kier molecular flexibility index (Phi) is 7.61. The van der Waals surface area contributed by atoms with Crippen molar-refractivity contribution in [3.05, 3.63) is 59.7 Å². The number of hydrogen-bond donors (Lipinski definition) is 1. The van der Waals surface area contributed by atoms with Gasteiger partial charge in [-0.3, -0.25) is 9.59 Å². The summed E-state index contributed by atoms with van der Waals surface area (Å²) in [5.74, 6) is -0.613. The molecular weight excluding hydrogens is 362 g/mol. The van der Waals surface area contributed by atoms with Gasteiger partial charge in [0.25, 0.3) is 0 Å². The molecule has 0 aliphatic carbocycles. The van der Waals surface area contributed by atoms with E-state index >= 15 is 0 Å². The fraction of sp³-hybridized carbons (Fsp3) is 0.286. The van der Waals surface area contributed by atoms with Crippen molar-refractivity contribution < 1.29 is 19.1 Å². The third-order valence-electron chi connectivity index (χ3n) is 3.75. The molecule has 0 fully saturated rings. The van der Waals surface area contributed by atoms with Crippen LogP contribution in [0.2, 0.25) is 0 Å². The number of hydrogen-bond acceptors (Lipinski definition) is 5. The average Bonchev–Trinajstić information content (AvgIpc) is 2.65. The molecule has 0 bridgehead atoms. The summed E-state index contributed by atoms with van der Waals surface area (Å²) in [6.45, 7) is 3.61. The summed E-state index contributed by atoms with van der Waals surface area (Å²) >= 11 is 1.44. The molecule has 5 nitrogen and oxygen atoms in total. The van der Waals surface area contributed by atoms with Crippen LogP contribution in [0.1, 0.15) is 41.0 Å². The van der Waals surface area contributed by atoms with Crippen LogP contribution in [-0.4, -0.2) is 30.5 Å². The maximum Gasteiger partial charge on any atom is 0.339 e. The van der Waals surface area contributed by atoms with Crippen LogP contribution in [-0.2, 0) is 9.53 Å². The van der Waals surface area contributed by atoms with E-state index in [9.17, 15) is 14.4 Å². The molecule has 0 aromatic heterocycles. The number of benzene rings is 2. The van der Waals surface area contributed by atoms with E-state index in [0.29, 0.717) is 23.2 Å². The van der Waals surface area contributed by atoms with Crippen molar-refractivity contribution in [2.24, 2.45) is 5.92 Å². The Morgan fingerprint density at radius 1 is 1.04 bits per heavy atom. The molecule has 0 heterocycles. The van der Waals surface area contributed by atoms with Crippen LogP contribution in [0.5, 0.6) is 0 Å². The van der Waals surface area contributed by atoms with E-state index in [1.165, 1.54) is 11.8 Å². The van der Waals surface area contributed by atoms with E-state index in [0.717, 1.165) is 4.90 Å². The first-order chi connectivity index (χ1) is 12.9. The molecule has 0 atom stereocenters. The maximum absolute atomic E-state index is 12.2. The van der Waals surface area contributed by atoms with E-state index < -0.39 is 5.97 Å². The molecule has 0 saturated carbocycles. The topological polar surface area (TPSA) is 72.5 Å². The van der Waals surface area contributed by atoms with Crippen LogP contribution in [0.15, 0.2) is 53.4 Å². The lowest BCUT2D eigenvalue weighted by Gasteiger charge is -2.09. The third-order valence-corrected chi connectivity index (χ3v) is 4.54. The normalized spacial score (nSPS) is 10.5. The highest BCUT2D eigenvalue weighted by molar-refractivity contribution is 7.98. The number of thioether (sulfide) groups is 1. The maximum atomic E-state index is 12.2. The summed E-state index contributed by atoms with van der Waals surface area (Å²) in [5, 5.41) is 2.79. The molecule has 27 heavy (non-hydrogen) atoms. The zero-order valence-corrected chi connectivity index (χ0v) is 16.5. The molecule has 142 valence electrons. The number of esters is 1. The van der Waals surface area contributed by atoms with Crippen LogP contribution in [0.25, 0.3) is 0 Å². The minimum absolute atomic E-state index is 0.0644. The second-order valence-electron chi connectivity index (χ2n) is 6.42. The lowest BCUT2D eigenvalue weighted by Crippen LogP contribution is -2.15. The summed E-state index contributed by atoms with van der Waals surface area (Å²) < 4.78 is 5.15. The van der Waals surface area contributed by atoms with Crippen LogP contribution >= 0.6 is 11.8 Å². The van der Waals surface area contributed by atoms with E-state index in [-0.39, 0.29) is 24.2 Å². The number of anilines is 1. The summed E-state index contributed by atoms with van der Waals surface area (Å²) in [6, 6.07) is 13.6. The minimum atomic E-state index is -0.522. The smallest absolute Gasteiger partial charge is 0.339 e. The van der Waals surface area contributed by atoms with Gasteiger partial charge in [-0.2, -0.15) is 0 Å². The molecule has 0 aliphatic heterocycles. The van der Waals surface area contributed by atoms with Crippen LogP contribution < -0.4 is 5.32 Å². The Morgan fingerprint density at radius 2 is 1.70 bits per heavy atom. The molecular formula is C21H23NO4S. The third kappa shape index (κ3) is 6.25. The Labute approximate surface area is 163 Å². The minimum Gasteiger partial charge on any atom is -0.454 e. The Morgan fingerprint density at radius 3 is 2.33 bits per heavy atom. The summed E-state index contributed by atoms with van der Waals surface area (Å²) in [4.78, 5) is 37.0.